The molecule has 4 heteroatoms. The smallest absolute Gasteiger partial charge is 0.251 e. The van der Waals surface area contributed by atoms with E-state index in [0.717, 1.165) is 18.7 Å². The van der Waals surface area contributed by atoms with Gasteiger partial charge < -0.3 is 10.2 Å². The Labute approximate surface area is 131 Å². The summed E-state index contributed by atoms with van der Waals surface area (Å²) in [7, 11) is 0. The van der Waals surface area contributed by atoms with Gasteiger partial charge in [-0.25, -0.2) is 0 Å². The standard InChI is InChI=1S/C18H21N3O/c1-14(20-18(22)15-7-9-19-10-8-15)16-5-4-6-17(13-16)21-11-2-3-12-21/h4-10,13-14H,2-3,11-12H2,1H3,(H,20,22)/t14-/m0/s1. The van der Waals surface area contributed by atoms with Crippen molar-refractivity contribution in [3.63, 3.8) is 0 Å². The van der Waals surface area contributed by atoms with Crippen LogP contribution < -0.4 is 10.2 Å². The molecule has 1 aromatic carbocycles. The average Bonchev–Trinajstić information content (AvgIpc) is 3.10. The van der Waals surface area contributed by atoms with Gasteiger partial charge in [0.1, 0.15) is 0 Å². The lowest BCUT2D eigenvalue weighted by molar-refractivity contribution is 0.0940. The quantitative estimate of drug-likeness (QED) is 0.942. The lowest BCUT2D eigenvalue weighted by Gasteiger charge is -2.20. The first-order chi connectivity index (χ1) is 10.7. The molecule has 2 aromatic rings. The van der Waals surface area contributed by atoms with Gasteiger partial charge in [-0.05, 0) is 49.6 Å². The minimum Gasteiger partial charge on any atom is -0.372 e. The second-order valence-corrected chi connectivity index (χ2v) is 5.72. The zero-order chi connectivity index (χ0) is 15.4. The third-order valence-electron chi connectivity index (χ3n) is 4.13. The Kier molecular flexibility index (Phi) is 4.37. The van der Waals surface area contributed by atoms with Crippen LogP contribution in [0.1, 0.15) is 41.7 Å². The maximum Gasteiger partial charge on any atom is 0.251 e. The zero-order valence-corrected chi connectivity index (χ0v) is 12.8. The second-order valence-electron chi connectivity index (χ2n) is 5.72. The van der Waals surface area contributed by atoms with Gasteiger partial charge in [-0.2, -0.15) is 0 Å². The van der Waals surface area contributed by atoms with Crippen LogP contribution in [0.15, 0.2) is 48.8 Å². The van der Waals surface area contributed by atoms with Crippen molar-refractivity contribution in [3.05, 3.63) is 59.9 Å². The van der Waals surface area contributed by atoms with E-state index in [1.54, 1.807) is 24.5 Å². The fourth-order valence-electron chi connectivity index (χ4n) is 2.83. The molecule has 22 heavy (non-hydrogen) atoms. The topological polar surface area (TPSA) is 45.2 Å². The predicted octanol–water partition coefficient (Wildman–Crippen LogP) is 3.17. The van der Waals surface area contributed by atoms with Crippen LogP contribution in [0.4, 0.5) is 5.69 Å². The van der Waals surface area contributed by atoms with Gasteiger partial charge in [0.25, 0.3) is 5.91 Å². The SMILES string of the molecule is C[C@H](NC(=O)c1ccncc1)c1cccc(N2CCCC2)c1. The van der Waals surface area contributed by atoms with Crippen molar-refractivity contribution in [3.8, 4) is 0 Å². The van der Waals surface area contributed by atoms with Gasteiger partial charge >= 0.3 is 0 Å². The van der Waals surface area contributed by atoms with Crippen molar-refractivity contribution >= 4 is 11.6 Å². The summed E-state index contributed by atoms with van der Waals surface area (Å²) in [6.45, 7) is 4.27. The Hall–Kier alpha value is -2.36. The molecule has 1 saturated heterocycles. The molecule has 0 radical (unpaired) electrons. The van der Waals surface area contributed by atoms with Gasteiger partial charge in [-0.3, -0.25) is 9.78 Å². The highest BCUT2D eigenvalue weighted by Crippen LogP contribution is 2.24. The molecule has 2 heterocycles. The lowest BCUT2D eigenvalue weighted by atomic mass is 10.1. The normalized spacial score (nSPS) is 15.6. The number of nitrogens with one attached hydrogen (secondary N) is 1. The van der Waals surface area contributed by atoms with E-state index in [1.165, 1.54) is 18.5 Å². The van der Waals surface area contributed by atoms with Crippen LogP contribution in [-0.4, -0.2) is 24.0 Å². The van der Waals surface area contributed by atoms with E-state index in [0.29, 0.717) is 5.56 Å². The Bertz CT molecular complexity index is 636. The van der Waals surface area contributed by atoms with Crippen molar-refractivity contribution in [2.24, 2.45) is 0 Å². The number of rotatable bonds is 4. The molecule has 1 amide bonds. The maximum atomic E-state index is 12.2. The van der Waals surface area contributed by atoms with E-state index in [9.17, 15) is 4.79 Å². The average molecular weight is 295 g/mol. The number of aromatic nitrogens is 1. The van der Waals surface area contributed by atoms with E-state index in [1.807, 2.05) is 6.92 Å². The van der Waals surface area contributed by atoms with Crippen LogP contribution in [0.2, 0.25) is 0 Å². The highest BCUT2D eigenvalue weighted by molar-refractivity contribution is 5.94. The molecule has 1 N–H and O–H groups in total. The van der Waals surface area contributed by atoms with Crippen molar-refractivity contribution in [1.29, 1.82) is 0 Å². The molecular weight excluding hydrogens is 274 g/mol. The van der Waals surface area contributed by atoms with E-state index in [4.69, 9.17) is 0 Å². The number of nitrogens with zero attached hydrogens (tertiary/aromatic N) is 2. The number of amides is 1. The summed E-state index contributed by atoms with van der Waals surface area (Å²) in [5.41, 5.74) is 3.02. The van der Waals surface area contributed by atoms with E-state index in [-0.39, 0.29) is 11.9 Å². The van der Waals surface area contributed by atoms with Gasteiger partial charge in [0.05, 0.1) is 6.04 Å². The Morgan fingerprint density at radius 2 is 1.91 bits per heavy atom. The Balaban J connectivity index is 1.70. The largest absolute Gasteiger partial charge is 0.372 e. The molecule has 3 rings (SSSR count). The van der Waals surface area contributed by atoms with Crippen LogP contribution >= 0.6 is 0 Å². The maximum absolute atomic E-state index is 12.2. The summed E-state index contributed by atoms with van der Waals surface area (Å²) >= 11 is 0. The van der Waals surface area contributed by atoms with Crippen LogP contribution in [-0.2, 0) is 0 Å². The summed E-state index contributed by atoms with van der Waals surface area (Å²) < 4.78 is 0. The number of hydrogen-bond donors (Lipinski definition) is 1. The van der Waals surface area contributed by atoms with Gasteiger partial charge in [0, 0.05) is 36.7 Å². The molecule has 1 atom stereocenters. The minimum absolute atomic E-state index is 0.0248. The number of pyridine rings is 1. The summed E-state index contributed by atoms with van der Waals surface area (Å²) in [5, 5.41) is 3.05. The third-order valence-corrected chi connectivity index (χ3v) is 4.13. The van der Waals surface area contributed by atoms with E-state index in [2.05, 4.69) is 39.5 Å². The van der Waals surface area contributed by atoms with Crippen molar-refractivity contribution < 1.29 is 4.79 Å². The fraction of sp³-hybridized carbons (Fsp3) is 0.333. The zero-order valence-electron chi connectivity index (χ0n) is 12.8. The lowest BCUT2D eigenvalue weighted by Crippen LogP contribution is -2.27. The summed E-state index contributed by atoms with van der Waals surface area (Å²) in [6.07, 6.45) is 5.79. The van der Waals surface area contributed by atoms with Crippen molar-refractivity contribution in [1.82, 2.24) is 10.3 Å². The molecule has 0 saturated carbocycles. The van der Waals surface area contributed by atoms with Crippen molar-refractivity contribution in [2.45, 2.75) is 25.8 Å². The third kappa shape index (κ3) is 3.27. The van der Waals surface area contributed by atoms with Gasteiger partial charge in [-0.1, -0.05) is 12.1 Å². The molecule has 1 fully saturated rings. The molecule has 0 spiro atoms. The fourth-order valence-corrected chi connectivity index (χ4v) is 2.83. The molecular formula is C18H21N3O. The second kappa shape index (κ2) is 6.60. The molecule has 1 aliphatic rings. The van der Waals surface area contributed by atoms with Gasteiger partial charge in [0.2, 0.25) is 0 Å². The highest BCUT2D eigenvalue weighted by atomic mass is 16.1. The van der Waals surface area contributed by atoms with Crippen molar-refractivity contribution in [2.75, 3.05) is 18.0 Å². The Morgan fingerprint density at radius 1 is 1.18 bits per heavy atom. The molecule has 0 bridgehead atoms. The van der Waals surface area contributed by atoms with Gasteiger partial charge in [0.15, 0.2) is 0 Å². The Morgan fingerprint density at radius 3 is 2.64 bits per heavy atom. The van der Waals surface area contributed by atoms with Crippen LogP contribution in [0.3, 0.4) is 0 Å². The van der Waals surface area contributed by atoms with Crippen LogP contribution in [0.25, 0.3) is 0 Å². The minimum atomic E-state index is -0.0681. The summed E-state index contributed by atoms with van der Waals surface area (Å²) in [6, 6.07) is 11.9. The molecule has 0 aliphatic carbocycles. The molecule has 1 aliphatic heterocycles. The predicted molar refractivity (Wildman–Crippen MR) is 88.0 cm³/mol. The first-order valence-corrected chi connectivity index (χ1v) is 7.80. The molecule has 1 aromatic heterocycles. The summed E-state index contributed by atoms with van der Waals surface area (Å²) in [5.74, 6) is -0.0681. The summed E-state index contributed by atoms with van der Waals surface area (Å²) in [4.78, 5) is 18.6. The number of hydrogen-bond acceptors (Lipinski definition) is 3. The van der Waals surface area contributed by atoms with Crippen LogP contribution in [0, 0.1) is 0 Å². The first kappa shape index (κ1) is 14.6. The first-order valence-electron chi connectivity index (χ1n) is 7.80. The number of anilines is 1. The van der Waals surface area contributed by atoms with E-state index < -0.39 is 0 Å². The highest BCUT2D eigenvalue weighted by Gasteiger charge is 2.15. The van der Waals surface area contributed by atoms with E-state index >= 15 is 0 Å². The number of carbonyl (C=O) groups is 1. The number of benzene rings is 1. The number of carbonyl (C=O) groups excluding carboxylic acids is 1. The molecule has 0 unspecified atom stereocenters. The molecule has 4 nitrogen and oxygen atoms in total. The molecule has 114 valence electrons. The monoisotopic (exact) mass is 295 g/mol. The van der Waals surface area contributed by atoms with Gasteiger partial charge in [-0.15, -0.1) is 0 Å². The van der Waals surface area contributed by atoms with Crippen LogP contribution in [0.5, 0.6) is 0 Å².